The Morgan fingerprint density at radius 3 is 2.36 bits per heavy atom. The maximum atomic E-state index is 11.7. The number of rotatable bonds is 8. The molecule has 0 saturated carbocycles. The van der Waals surface area contributed by atoms with Gasteiger partial charge in [0, 0.05) is 26.1 Å². The van der Waals surface area contributed by atoms with Crippen molar-refractivity contribution < 1.29 is 4.79 Å². The van der Waals surface area contributed by atoms with Crippen LogP contribution in [0.25, 0.3) is 0 Å². The van der Waals surface area contributed by atoms with Crippen LogP contribution in [-0.2, 0) is 17.8 Å². The highest BCUT2D eigenvalue weighted by molar-refractivity contribution is 5.76. The van der Waals surface area contributed by atoms with Gasteiger partial charge in [0.05, 0.1) is 0 Å². The smallest absolute Gasteiger partial charge is 0.221 e. The zero-order valence-electron chi connectivity index (χ0n) is 13.1. The largest absolute Gasteiger partial charge is 0.356 e. The van der Waals surface area contributed by atoms with Gasteiger partial charge in [0.2, 0.25) is 5.91 Å². The van der Waals surface area contributed by atoms with Crippen molar-refractivity contribution in [1.82, 2.24) is 10.6 Å². The fourth-order valence-electron chi connectivity index (χ4n) is 2.22. The molecular weight excluding hydrogens is 272 g/mol. The van der Waals surface area contributed by atoms with Gasteiger partial charge in [0.25, 0.3) is 0 Å². The molecule has 3 nitrogen and oxygen atoms in total. The van der Waals surface area contributed by atoms with Crippen molar-refractivity contribution >= 4 is 5.91 Å². The Bertz CT molecular complexity index is 564. The summed E-state index contributed by atoms with van der Waals surface area (Å²) in [4.78, 5) is 11.7. The summed E-state index contributed by atoms with van der Waals surface area (Å²) in [6.45, 7) is 4.28. The highest BCUT2D eigenvalue weighted by Gasteiger charge is 2.00. The molecule has 0 fully saturated rings. The molecule has 2 aromatic rings. The van der Waals surface area contributed by atoms with E-state index in [0.29, 0.717) is 19.5 Å². The van der Waals surface area contributed by atoms with Crippen molar-refractivity contribution in [3.63, 3.8) is 0 Å². The maximum absolute atomic E-state index is 11.7. The van der Waals surface area contributed by atoms with Crippen molar-refractivity contribution in [2.24, 2.45) is 0 Å². The van der Waals surface area contributed by atoms with Crippen molar-refractivity contribution in [3.8, 4) is 0 Å². The van der Waals surface area contributed by atoms with Gasteiger partial charge >= 0.3 is 0 Å². The monoisotopic (exact) mass is 296 g/mol. The predicted octanol–water partition coefficient (Wildman–Crippen LogP) is 2.83. The number of hydrogen-bond donors (Lipinski definition) is 2. The summed E-state index contributed by atoms with van der Waals surface area (Å²) in [5, 5.41) is 6.26. The lowest BCUT2D eigenvalue weighted by Crippen LogP contribution is -2.29. The number of nitrogens with one attached hydrogen (secondary N) is 2. The number of amides is 1. The van der Waals surface area contributed by atoms with Gasteiger partial charge in [-0.3, -0.25) is 4.79 Å². The molecule has 0 aliphatic rings. The molecule has 0 radical (unpaired) electrons. The zero-order valence-corrected chi connectivity index (χ0v) is 13.1. The third kappa shape index (κ3) is 6.10. The van der Waals surface area contributed by atoms with Crippen LogP contribution in [0.2, 0.25) is 0 Å². The van der Waals surface area contributed by atoms with E-state index in [-0.39, 0.29) is 5.91 Å². The molecule has 22 heavy (non-hydrogen) atoms. The third-order valence-corrected chi connectivity index (χ3v) is 3.56. The van der Waals surface area contributed by atoms with Gasteiger partial charge in [-0.25, -0.2) is 0 Å². The van der Waals surface area contributed by atoms with Crippen LogP contribution >= 0.6 is 0 Å². The Morgan fingerprint density at radius 2 is 1.64 bits per heavy atom. The maximum Gasteiger partial charge on any atom is 0.221 e. The quantitative estimate of drug-likeness (QED) is 0.736. The summed E-state index contributed by atoms with van der Waals surface area (Å²) < 4.78 is 0. The van der Waals surface area contributed by atoms with E-state index in [9.17, 15) is 4.79 Å². The van der Waals surface area contributed by atoms with Crippen molar-refractivity contribution in [2.75, 3.05) is 13.1 Å². The van der Waals surface area contributed by atoms with Crippen LogP contribution < -0.4 is 10.6 Å². The minimum atomic E-state index is 0.104. The fourth-order valence-corrected chi connectivity index (χ4v) is 2.22. The first kappa shape index (κ1) is 16.2. The van der Waals surface area contributed by atoms with E-state index in [2.05, 4.69) is 54.0 Å². The lowest BCUT2D eigenvalue weighted by Gasteiger charge is -2.07. The lowest BCUT2D eigenvalue weighted by atomic mass is 10.1. The molecule has 0 bridgehead atoms. The lowest BCUT2D eigenvalue weighted by molar-refractivity contribution is -0.120. The molecule has 0 unspecified atom stereocenters. The molecule has 2 aromatic carbocycles. The Hall–Kier alpha value is -2.13. The summed E-state index contributed by atoms with van der Waals surface area (Å²) >= 11 is 0. The number of hydrogen-bond acceptors (Lipinski definition) is 2. The van der Waals surface area contributed by atoms with Gasteiger partial charge in [0.1, 0.15) is 0 Å². The second-order valence-corrected chi connectivity index (χ2v) is 5.50. The Balaban J connectivity index is 1.55. The van der Waals surface area contributed by atoms with Gasteiger partial charge in [-0.15, -0.1) is 0 Å². The van der Waals surface area contributed by atoms with Crippen LogP contribution in [0.1, 0.15) is 23.1 Å². The van der Waals surface area contributed by atoms with Gasteiger partial charge < -0.3 is 10.6 Å². The van der Waals surface area contributed by atoms with Gasteiger partial charge in [-0.05, 0) is 24.5 Å². The Labute approximate surface area is 132 Å². The van der Waals surface area contributed by atoms with Crippen LogP contribution in [-0.4, -0.2) is 19.0 Å². The predicted molar refractivity (Wildman–Crippen MR) is 90.7 cm³/mol. The molecule has 2 N–H and O–H groups in total. The fraction of sp³-hybridized carbons (Fsp3) is 0.316. The zero-order chi connectivity index (χ0) is 15.6. The minimum Gasteiger partial charge on any atom is -0.356 e. The first-order valence-corrected chi connectivity index (χ1v) is 7.81. The molecule has 0 spiro atoms. The summed E-state index contributed by atoms with van der Waals surface area (Å²) in [6, 6.07) is 18.6. The summed E-state index contributed by atoms with van der Waals surface area (Å²) in [7, 11) is 0. The van der Waals surface area contributed by atoms with Gasteiger partial charge in [-0.2, -0.15) is 0 Å². The third-order valence-electron chi connectivity index (χ3n) is 3.56. The second kappa shape index (κ2) is 9.00. The molecule has 0 aromatic heterocycles. The van der Waals surface area contributed by atoms with E-state index in [0.717, 1.165) is 13.0 Å². The average Bonchev–Trinajstić information content (AvgIpc) is 2.54. The summed E-state index contributed by atoms with van der Waals surface area (Å²) in [5.41, 5.74) is 3.76. The van der Waals surface area contributed by atoms with E-state index in [1.165, 1.54) is 16.7 Å². The van der Waals surface area contributed by atoms with Crippen LogP contribution in [0.15, 0.2) is 54.6 Å². The molecule has 116 valence electrons. The summed E-state index contributed by atoms with van der Waals surface area (Å²) in [6.07, 6.45) is 1.39. The van der Waals surface area contributed by atoms with Crippen LogP contribution in [0.4, 0.5) is 0 Å². The number of carbonyl (C=O) groups excluding carboxylic acids is 1. The first-order chi connectivity index (χ1) is 10.7. The standard InChI is InChI=1S/C19H24N2O/c1-16-7-9-18(10-8-16)15-20-13-12-19(22)21-14-11-17-5-3-2-4-6-17/h2-10,20H,11-15H2,1H3,(H,21,22). The van der Waals surface area contributed by atoms with Gasteiger partial charge in [-0.1, -0.05) is 60.2 Å². The molecule has 0 saturated heterocycles. The molecule has 1 amide bonds. The van der Waals surface area contributed by atoms with E-state index < -0.39 is 0 Å². The van der Waals surface area contributed by atoms with E-state index in [1.807, 2.05) is 18.2 Å². The van der Waals surface area contributed by atoms with E-state index in [1.54, 1.807) is 0 Å². The topological polar surface area (TPSA) is 41.1 Å². The normalized spacial score (nSPS) is 10.4. The van der Waals surface area contributed by atoms with Crippen LogP contribution in [0, 0.1) is 6.92 Å². The summed E-state index contributed by atoms with van der Waals surface area (Å²) in [5.74, 6) is 0.104. The van der Waals surface area contributed by atoms with Gasteiger partial charge in [0.15, 0.2) is 0 Å². The Kier molecular flexibility index (Phi) is 6.65. The highest BCUT2D eigenvalue weighted by atomic mass is 16.1. The molecule has 2 rings (SSSR count). The molecule has 3 heteroatoms. The second-order valence-electron chi connectivity index (χ2n) is 5.50. The molecule has 0 aliphatic heterocycles. The molecule has 0 aliphatic carbocycles. The Morgan fingerprint density at radius 1 is 0.909 bits per heavy atom. The highest BCUT2D eigenvalue weighted by Crippen LogP contribution is 2.02. The SMILES string of the molecule is Cc1ccc(CNCCC(=O)NCCc2ccccc2)cc1. The van der Waals surface area contributed by atoms with Crippen molar-refractivity contribution in [1.29, 1.82) is 0 Å². The van der Waals surface area contributed by atoms with E-state index >= 15 is 0 Å². The average molecular weight is 296 g/mol. The molecular formula is C19H24N2O. The van der Waals surface area contributed by atoms with E-state index in [4.69, 9.17) is 0 Å². The first-order valence-electron chi connectivity index (χ1n) is 7.81. The van der Waals surface area contributed by atoms with Crippen molar-refractivity contribution in [2.45, 2.75) is 26.3 Å². The van der Waals surface area contributed by atoms with Crippen LogP contribution in [0.3, 0.4) is 0 Å². The number of carbonyl (C=O) groups is 1. The molecule has 0 heterocycles. The van der Waals surface area contributed by atoms with Crippen LogP contribution in [0.5, 0.6) is 0 Å². The molecule has 0 atom stereocenters. The minimum absolute atomic E-state index is 0.104. The number of benzene rings is 2. The van der Waals surface area contributed by atoms with Crippen molar-refractivity contribution in [3.05, 3.63) is 71.3 Å². The number of aryl methyl sites for hydroxylation is 1.